The van der Waals surface area contributed by atoms with Crippen LogP contribution >= 0.6 is 0 Å². The largest absolute Gasteiger partial charge is 0.358 e. The second-order valence-electron chi connectivity index (χ2n) is 4.45. The number of H-pyrrole nitrogens is 1. The maximum absolute atomic E-state index is 12.6. The van der Waals surface area contributed by atoms with Crippen molar-refractivity contribution < 1.29 is 4.79 Å². The number of aromatic nitrogens is 2. The molecule has 3 aromatic rings. The van der Waals surface area contributed by atoms with Crippen molar-refractivity contribution in [2.75, 3.05) is 0 Å². The molecule has 3 heteroatoms. The van der Waals surface area contributed by atoms with E-state index in [-0.39, 0.29) is 5.78 Å². The Labute approximate surface area is 111 Å². The first kappa shape index (κ1) is 11.7. The molecule has 0 fully saturated rings. The third-order valence-corrected chi connectivity index (χ3v) is 3.29. The Kier molecular flexibility index (Phi) is 2.88. The minimum atomic E-state index is 0.0300. The van der Waals surface area contributed by atoms with Gasteiger partial charge in [0.1, 0.15) is 0 Å². The summed E-state index contributed by atoms with van der Waals surface area (Å²) in [5.41, 5.74) is 3.38. The Balaban J connectivity index is 2.21. The molecular formula is C16H14N2O. The number of nitrogens with zero attached hydrogens (tertiary/aromatic N) is 1. The van der Waals surface area contributed by atoms with Gasteiger partial charge in [-0.15, -0.1) is 0 Å². The van der Waals surface area contributed by atoms with E-state index in [0.717, 1.165) is 28.6 Å². The smallest absolute Gasteiger partial charge is 0.197 e. The first-order valence-corrected chi connectivity index (χ1v) is 6.35. The van der Waals surface area contributed by atoms with Gasteiger partial charge in [0.15, 0.2) is 5.78 Å². The molecule has 0 aliphatic heterocycles. The van der Waals surface area contributed by atoms with Crippen LogP contribution in [0.15, 0.2) is 48.8 Å². The molecule has 0 spiro atoms. The summed E-state index contributed by atoms with van der Waals surface area (Å²) >= 11 is 0. The van der Waals surface area contributed by atoms with Crippen LogP contribution in [0.3, 0.4) is 0 Å². The molecular weight excluding hydrogens is 236 g/mol. The number of aryl methyl sites for hydroxylation is 1. The minimum absolute atomic E-state index is 0.0300. The number of hydrogen-bond donors (Lipinski definition) is 1. The highest BCUT2D eigenvalue weighted by Gasteiger charge is 2.18. The Morgan fingerprint density at radius 2 is 2.05 bits per heavy atom. The number of para-hydroxylation sites is 1. The van der Waals surface area contributed by atoms with Crippen LogP contribution in [0.2, 0.25) is 0 Å². The number of carbonyl (C=O) groups is 1. The SMILES string of the molecule is CCc1[nH]c2ccccc2c1C(=O)c1cccnc1. The molecule has 0 saturated heterocycles. The minimum Gasteiger partial charge on any atom is -0.358 e. The van der Waals surface area contributed by atoms with Gasteiger partial charge in [-0.05, 0) is 24.6 Å². The molecule has 2 heterocycles. The van der Waals surface area contributed by atoms with Crippen molar-refractivity contribution in [3.63, 3.8) is 0 Å². The fourth-order valence-corrected chi connectivity index (χ4v) is 2.36. The van der Waals surface area contributed by atoms with Gasteiger partial charge in [0.25, 0.3) is 0 Å². The lowest BCUT2D eigenvalue weighted by Gasteiger charge is -2.02. The van der Waals surface area contributed by atoms with Crippen LogP contribution < -0.4 is 0 Å². The average Bonchev–Trinajstić information content (AvgIpc) is 2.86. The van der Waals surface area contributed by atoms with Crippen molar-refractivity contribution in [2.45, 2.75) is 13.3 Å². The van der Waals surface area contributed by atoms with E-state index >= 15 is 0 Å². The third kappa shape index (κ3) is 1.93. The van der Waals surface area contributed by atoms with E-state index in [1.54, 1.807) is 24.5 Å². The van der Waals surface area contributed by atoms with Crippen LogP contribution in [-0.2, 0) is 6.42 Å². The summed E-state index contributed by atoms with van der Waals surface area (Å²) in [6, 6.07) is 11.5. The van der Waals surface area contributed by atoms with Gasteiger partial charge in [0, 0.05) is 34.6 Å². The molecule has 1 N–H and O–H groups in total. The van der Waals surface area contributed by atoms with Gasteiger partial charge in [-0.2, -0.15) is 0 Å². The van der Waals surface area contributed by atoms with E-state index in [1.807, 2.05) is 31.2 Å². The fraction of sp³-hybridized carbons (Fsp3) is 0.125. The Hall–Kier alpha value is -2.42. The lowest BCUT2D eigenvalue weighted by atomic mass is 10.0. The quantitative estimate of drug-likeness (QED) is 0.724. The molecule has 0 aliphatic rings. The van der Waals surface area contributed by atoms with E-state index in [9.17, 15) is 4.79 Å². The third-order valence-electron chi connectivity index (χ3n) is 3.29. The highest BCUT2D eigenvalue weighted by atomic mass is 16.1. The number of benzene rings is 1. The van der Waals surface area contributed by atoms with Gasteiger partial charge in [-0.25, -0.2) is 0 Å². The van der Waals surface area contributed by atoms with E-state index in [1.165, 1.54) is 0 Å². The number of pyridine rings is 1. The van der Waals surface area contributed by atoms with Crippen molar-refractivity contribution in [1.82, 2.24) is 9.97 Å². The van der Waals surface area contributed by atoms with Crippen LogP contribution in [0.5, 0.6) is 0 Å². The molecule has 0 atom stereocenters. The van der Waals surface area contributed by atoms with Gasteiger partial charge >= 0.3 is 0 Å². The number of hydrogen-bond acceptors (Lipinski definition) is 2. The predicted molar refractivity (Wildman–Crippen MR) is 75.3 cm³/mol. The summed E-state index contributed by atoms with van der Waals surface area (Å²) in [7, 11) is 0. The Morgan fingerprint density at radius 1 is 1.21 bits per heavy atom. The molecule has 3 rings (SSSR count). The van der Waals surface area contributed by atoms with E-state index in [2.05, 4.69) is 9.97 Å². The molecule has 0 unspecified atom stereocenters. The fourth-order valence-electron chi connectivity index (χ4n) is 2.36. The van der Waals surface area contributed by atoms with Crippen molar-refractivity contribution in [3.8, 4) is 0 Å². The van der Waals surface area contributed by atoms with Gasteiger partial charge in [-0.3, -0.25) is 9.78 Å². The predicted octanol–water partition coefficient (Wildman–Crippen LogP) is 3.36. The van der Waals surface area contributed by atoms with Crippen LogP contribution in [0.1, 0.15) is 28.5 Å². The molecule has 2 aromatic heterocycles. The van der Waals surface area contributed by atoms with Crippen LogP contribution in [-0.4, -0.2) is 15.8 Å². The second kappa shape index (κ2) is 4.69. The molecule has 0 radical (unpaired) electrons. The maximum Gasteiger partial charge on any atom is 0.197 e. The summed E-state index contributed by atoms with van der Waals surface area (Å²) in [4.78, 5) is 20.0. The number of aromatic amines is 1. The zero-order valence-corrected chi connectivity index (χ0v) is 10.7. The molecule has 0 aliphatic carbocycles. The van der Waals surface area contributed by atoms with Crippen LogP contribution in [0.25, 0.3) is 10.9 Å². The standard InChI is InChI=1S/C16H14N2O/c1-2-13-15(12-7-3-4-8-14(12)18-13)16(19)11-6-5-9-17-10-11/h3-10,18H,2H2,1H3. The maximum atomic E-state index is 12.6. The van der Waals surface area contributed by atoms with Gasteiger partial charge in [0.2, 0.25) is 0 Å². The Bertz CT molecular complexity index is 729. The topological polar surface area (TPSA) is 45.8 Å². The summed E-state index contributed by atoms with van der Waals surface area (Å²) in [6.45, 7) is 2.05. The summed E-state index contributed by atoms with van der Waals surface area (Å²) in [5.74, 6) is 0.0300. The highest BCUT2D eigenvalue weighted by Crippen LogP contribution is 2.25. The van der Waals surface area contributed by atoms with E-state index < -0.39 is 0 Å². The molecule has 0 bridgehead atoms. The zero-order valence-electron chi connectivity index (χ0n) is 10.7. The summed E-state index contributed by atoms with van der Waals surface area (Å²) < 4.78 is 0. The number of carbonyl (C=O) groups excluding carboxylic acids is 1. The zero-order chi connectivity index (χ0) is 13.2. The first-order valence-electron chi connectivity index (χ1n) is 6.35. The van der Waals surface area contributed by atoms with Crippen molar-refractivity contribution >= 4 is 16.7 Å². The molecule has 0 saturated carbocycles. The second-order valence-corrected chi connectivity index (χ2v) is 4.45. The molecule has 3 nitrogen and oxygen atoms in total. The van der Waals surface area contributed by atoms with Crippen molar-refractivity contribution in [1.29, 1.82) is 0 Å². The van der Waals surface area contributed by atoms with Crippen molar-refractivity contribution in [2.24, 2.45) is 0 Å². The average molecular weight is 250 g/mol. The van der Waals surface area contributed by atoms with Gasteiger partial charge in [-0.1, -0.05) is 25.1 Å². The number of nitrogens with one attached hydrogen (secondary N) is 1. The summed E-state index contributed by atoms with van der Waals surface area (Å²) in [6.07, 6.45) is 4.09. The lowest BCUT2D eigenvalue weighted by molar-refractivity contribution is 0.103. The first-order chi connectivity index (χ1) is 9.31. The van der Waals surface area contributed by atoms with Crippen LogP contribution in [0.4, 0.5) is 0 Å². The van der Waals surface area contributed by atoms with Gasteiger partial charge in [0.05, 0.1) is 5.56 Å². The summed E-state index contributed by atoms with van der Waals surface area (Å²) in [5, 5.41) is 0.980. The number of ketones is 1. The van der Waals surface area contributed by atoms with E-state index in [0.29, 0.717) is 5.56 Å². The molecule has 1 aromatic carbocycles. The van der Waals surface area contributed by atoms with Crippen LogP contribution in [0, 0.1) is 0 Å². The monoisotopic (exact) mass is 250 g/mol. The number of rotatable bonds is 3. The van der Waals surface area contributed by atoms with Crippen molar-refractivity contribution in [3.05, 3.63) is 65.6 Å². The molecule has 0 amide bonds. The highest BCUT2D eigenvalue weighted by molar-refractivity contribution is 6.17. The van der Waals surface area contributed by atoms with Gasteiger partial charge < -0.3 is 4.98 Å². The molecule has 19 heavy (non-hydrogen) atoms. The normalized spacial score (nSPS) is 10.8. The molecule has 94 valence electrons. The van der Waals surface area contributed by atoms with E-state index in [4.69, 9.17) is 0 Å². The lowest BCUT2D eigenvalue weighted by Crippen LogP contribution is -2.04. The Morgan fingerprint density at radius 3 is 2.79 bits per heavy atom. The number of fused-ring (bicyclic) bond motifs is 1.